The highest BCUT2D eigenvalue weighted by atomic mass is 32.1. The summed E-state index contributed by atoms with van der Waals surface area (Å²) in [6, 6.07) is 20.5. The molecule has 0 spiro atoms. The van der Waals surface area contributed by atoms with Gasteiger partial charge in [-0.25, -0.2) is 4.39 Å². The third kappa shape index (κ3) is 6.06. The van der Waals surface area contributed by atoms with Gasteiger partial charge in [-0.15, -0.1) is 11.3 Å². The van der Waals surface area contributed by atoms with E-state index in [1.165, 1.54) is 25.2 Å². The number of thiophene rings is 1. The lowest BCUT2D eigenvalue weighted by Gasteiger charge is -2.17. The normalized spacial score (nSPS) is 18.9. The minimum absolute atomic E-state index is 0.255. The molecule has 204 valence electrons. The number of unbranched alkanes of at least 4 members (excludes halogenated alkanes) is 1. The minimum atomic E-state index is -0.255. The Bertz CT molecular complexity index is 1380. The first-order valence-electron chi connectivity index (χ1n) is 14.0. The molecule has 1 aromatic heterocycles. The smallest absolute Gasteiger partial charge is 0.153 e. The summed E-state index contributed by atoms with van der Waals surface area (Å²) in [6.45, 7) is 9.14. The Morgan fingerprint density at radius 1 is 0.872 bits per heavy atom. The van der Waals surface area contributed by atoms with Crippen molar-refractivity contribution in [1.82, 2.24) is 10.2 Å². The lowest BCUT2D eigenvalue weighted by atomic mass is 10.0. The highest BCUT2D eigenvalue weighted by Gasteiger charge is 2.35. The van der Waals surface area contributed by atoms with E-state index in [4.69, 9.17) is 14.2 Å². The molecule has 2 atom stereocenters. The number of hydrogen-bond acceptors (Lipinski definition) is 6. The standard InChI is InChI=1S/C32H35FN2O3S/c1-2-3-15-36-28-12-13-29-30(17-28)39-32(22-4-6-25(33)7-5-22)31(29)38-27-10-8-26(9-11-27)37-16-14-35-20-23-18-34-19-24(23)21-35/h4-13,17,23-24,34H,2-3,14-16,18-21H2,1H3. The maximum atomic E-state index is 13.7. The summed E-state index contributed by atoms with van der Waals surface area (Å²) in [5, 5.41) is 4.50. The van der Waals surface area contributed by atoms with Crippen LogP contribution in [0, 0.1) is 17.7 Å². The number of likely N-dealkylation sites (tertiary alicyclic amines) is 1. The van der Waals surface area contributed by atoms with Crippen molar-refractivity contribution in [3.63, 3.8) is 0 Å². The number of nitrogens with one attached hydrogen (secondary N) is 1. The number of hydrogen-bond donors (Lipinski definition) is 1. The van der Waals surface area contributed by atoms with Crippen molar-refractivity contribution in [2.24, 2.45) is 11.8 Å². The second-order valence-corrected chi connectivity index (χ2v) is 11.5. The van der Waals surface area contributed by atoms with E-state index in [0.29, 0.717) is 13.2 Å². The molecule has 2 unspecified atom stereocenters. The Labute approximate surface area is 233 Å². The third-order valence-electron chi connectivity index (χ3n) is 7.67. The van der Waals surface area contributed by atoms with E-state index >= 15 is 0 Å². The first kappa shape index (κ1) is 26.1. The van der Waals surface area contributed by atoms with E-state index in [2.05, 4.69) is 29.3 Å². The Morgan fingerprint density at radius 2 is 1.56 bits per heavy atom. The van der Waals surface area contributed by atoms with E-state index < -0.39 is 0 Å². The lowest BCUT2D eigenvalue weighted by Crippen LogP contribution is -2.29. The molecule has 7 heteroatoms. The number of ether oxygens (including phenoxy) is 3. The highest BCUT2D eigenvalue weighted by Crippen LogP contribution is 2.47. The summed E-state index contributed by atoms with van der Waals surface area (Å²) in [4.78, 5) is 3.48. The van der Waals surface area contributed by atoms with Crippen molar-refractivity contribution in [3.8, 4) is 33.4 Å². The van der Waals surface area contributed by atoms with Crippen LogP contribution in [0.25, 0.3) is 20.5 Å². The van der Waals surface area contributed by atoms with Crippen molar-refractivity contribution in [1.29, 1.82) is 0 Å². The van der Waals surface area contributed by atoms with Crippen molar-refractivity contribution in [2.45, 2.75) is 19.8 Å². The van der Waals surface area contributed by atoms with Gasteiger partial charge in [-0.05, 0) is 91.5 Å². The Kier molecular flexibility index (Phi) is 8.00. The highest BCUT2D eigenvalue weighted by molar-refractivity contribution is 7.22. The molecule has 39 heavy (non-hydrogen) atoms. The Morgan fingerprint density at radius 3 is 2.31 bits per heavy atom. The monoisotopic (exact) mass is 546 g/mol. The van der Waals surface area contributed by atoms with Gasteiger partial charge in [0.25, 0.3) is 0 Å². The van der Waals surface area contributed by atoms with Crippen LogP contribution in [0.3, 0.4) is 0 Å². The summed E-state index contributed by atoms with van der Waals surface area (Å²) in [6.07, 6.45) is 2.11. The van der Waals surface area contributed by atoms with Crippen molar-refractivity contribution < 1.29 is 18.6 Å². The van der Waals surface area contributed by atoms with Gasteiger partial charge in [0, 0.05) is 29.7 Å². The van der Waals surface area contributed by atoms with E-state index in [1.54, 1.807) is 23.5 Å². The van der Waals surface area contributed by atoms with Gasteiger partial charge in [0.1, 0.15) is 29.7 Å². The molecule has 1 N–H and O–H groups in total. The molecule has 6 rings (SSSR count). The quantitative estimate of drug-likeness (QED) is 0.201. The summed E-state index contributed by atoms with van der Waals surface area (Å²) < 4.78 is 33.2. The van der Waals surface area contributed by atoms with Crippen molar-refractivity contribution in [2.75, 3.05) is 45.9 Å². The van der Waals surface area contributed by atoms with Gasteiger partial charge < -0.3 is 19.5 Å². The van der Waals surface area contributed by atoms with Gasteiger partial charge in [-0.2, -0.15) is 0 Å². The molecule has 0 amide bonds. The van der Waals surface area contributed by atoms with Crippen molar-refractivity contribution >= 4 is 21.4 Å². The number of rotatable bonds is 11. The molecular weight excluding hydrogens is 511 g/mol. The zero-order valence-corrected chi connectivity index (χ0v) is 23.1. The molecular formula is C32H35FN2O3S. The van der Waals surface area contributed by atoms with Gasteiger partial charge in [0.2, 0.25) is 0 Å². The molecule has 0 bridgehead atoms. The molecule has 0 saturated carbocycles. The summed E-state index contributed by atoms with van der Waals surface area (Å²) in [7, 11) is 0. The third-order valence-corrected chi connectivity index (χ3v) is 8.86. The maximum Gasteiger partial charge on any atom is 0.153 e. The summed E-state index contributed by atoms with van der Waals surface area (Å²) in [5.41, 5.74) is 0.919. The van der Waals surface area contributed by atoms with Crippen LogP contribution >= 0.6 is 11.3 Å². The molecule has 2 aliphatic rings. The topological polar surface area (TPSA) is 43.0 Å². The van der Waals surface area contributed by atoms with Crippen LogP contribution in [0.2, 0.25) is 0 Å². The molecule has 2 fully saturated rings. The first-order chi connectivity index (χ1) is 19.2. The number of nitrogens with zero attached hydrogens (tertiary/aromatic N) is 1. The zero-order chi connectivity index (χ0) is 26.6. The lowest BCUT2D eigenvalue weighted by molar-refractivity contribution is 0.228. The largest absolute Gasteiger partial charge is 0.494 e. The van der Waals surface area contributed by atoms with Crippen LogP contribution in [0.1, 0.15) is 19.8 Å². The van der Waals surface area contributed by atoms with Crippen LogP contribution in [0.15, 0.2) is 66.7 Å². The average Bonchev–Trinajstić information content (AvgIpc) is 3.64. The fourth-order valence-corrected chi connectivity index (χ4v) is 6.68. The van der Waals surface area contributed by atoms with Gasteiger partial charge in [-0.3, -0.25) is 4.90 Å². The molecule has 0 radical (unpaired) electrons. The van der Waals surface area contributed by atoms with E-state index in [1.807, 2.05) is 30.3 Å². The average molecular weight is 547 g/mol. The van der Waals surface area contributed by atoms with Crippen molar-refractivity contribution in [3.05, 3.63) is 72.5 Å². The second-order valence-electron chi connectivity index (χ2n) is 10.5. The maximum absolute atomic E-state index is 13.7. The van der Waals surface area contributed by atoms with Gasteiger partial charge in [0.15, 0.2) is 5.75 Å². The van der Waals surface area contributed by atoms with Crippen LogP contribution < -0.4 is 19.5 Å². The molecule has 2 saturated heterocycles. The predicted octanol–water partition coefficient (Wildman–Crippen LogP) is 7.21. The predicted molar refractivity (Wildman–Crippen MR) is 156 cm³/mol. The zero-order valence-electron chi connectivity index (χ0n) is 22.3. The summed E-state index contributed by atoms with van der Waals surface area (Å²) in [5.74, 6) is 4.53. The fourth-order valence-electron chi connectivity index (χ4n) is 5.52. The number of halogens is 1. The van der Waals surface area contributed by atoms with Crippen LogP contribution in [-0.2, 0) is 0 Å². The molecule has 0 aliphatic carbocycles. The van der Waals surface area contributed by atoms with E-state index in [0.717, 1.165) is 87.8 Å². The molecule has 3 heterocycles. The minimum Gasteiger partial charge on any atom is -0.494 e. The SMILES string of the molecule is CCCCOc1ccc2c(Oc3ccc(OCCN4CC5CNCC5C4)cc3)c(-c3ccc(F)cc3)sc2c1. The molecule has 4 aromatic rings. The molecule has 2 aliphatic heterocycles. The van der Waals surface area contributed by atoms with Crippen LogP contribution in [0.5, 0.6) is 23.0 Å². The molecule has 5 nitrogen and oxygen atoms in total. The summed E-state index contributed by atoms with van der Waals surface area (Å²) >= 11 is 1.63. The van der Waals surface area contributed by atoms with Crippen LogP contribution in [-0.4, -0.2) is 50.8 Å². The van der Waals surface area contributed by atoms with Crippen LogP contribution in [0.4, 0.5) is 4.39 Å². The van der Waals surface area contributed by atoms with Gasteiger partial charge in [0.05, 0.1) is 11.5 Å². The Hall–Kier alpha value is -3.13. The first-order valence-corrected chi connectivity index (χ1v) is 14.8. The van der Waals surface area contributed by atoms with Gasteiger partial charge in [-0.1, -0.05) is 25.5 Å². The number of fused-ring (bicyclic) bond motifs is 2. The Balaban J connectivity index is 1.16. The van der Waals surface area contributed by atoms with E-state index in [9.17, 15) is 4.39 Å². The van der Waals surface area contributed by atoms with Gasteiger partial charge >= 0.3 is 0 Å². The second kappa shape index (κ2) is 11.9. The fraction of sp³-hybridized carbons (Fsp3) is 0.375. The van der Waals surface area contributed by atoms with E-state index in [-0.39, 0.29) is 5.82 Å². The molecule has 3 aromatic carbocycles. The number of benzene rings is 3.